The second-order valence-electron chi connectivity index (χ2n) is 4.93. The van der Waals surface area contributed by atoms with Crippen molar-refractivity contribution in [1.29, 1.82) is 0 Å². The molecule has 0 aliphatic carbocycles. The molecule has 1 N–H and O–H groups in total. The Morgan fingerprint density at radius 2 is 2.37 bits per heavy atom. The van der Waals surface area contributed by atoms with Gasteiger partial charge in [0.1, 0.15) is 5.75 Å². The minimum absolute atomic E-state index is 0.109. The monoisotopic (exact) mass is 299 g/mol. The highest BCUT2D eigenvalue weighted by Crippen LogP contribution is 2.37. The summed E-state index contributed by atoms with van der Waals surface area (Å²) in [4.78, 5) is 12.2. The van der Waals surface area contributed by atoms with Gasteiger partial charge in [0.25, 0.3) is 5.91 Å². The summed E-state index contributed by atoms with van der Waals surface area (Å²) >= 11 is 7.82. The van der Waals surface area contributed by atoms with Crippen LogP contribution < -0.4 is 10.1 Å². The molecule has 19 heavy (non-hydrogen) atoms. The van der Waals surface area contributed by atoms with E-state index in [9.17, 15) is 4.79 Å². The molecular formula is C14H18ClNO2S. The third-order valence-electron chi connectivity index (χ3n) is 3.33. The first-order chi connectivity index (χ1) is 9.04. The SMILES string of the molecule is COc1cc(Cl)ccc1C(=O)NC[C@]1(C)CCCS1. The zero-order valence-electron chi connectivity index (χ0n) is 11.2. The van der Waals surface area contributed by atoms with Crippen LogP contribution >= 0.6 is 23.4 Å². The molecule has 5 heteroatoms. The number of nitrogens with one attached hydrogen (secondary N) is 1. The second kappa shape index (κ2) is 6.06. The number of thioether (sulfide) groups is 1. The summed E-state index contributed by atoms with van der Waals surface area (Å²) in [6, 6.07) is 5.05. The number of carbonyl (C=O) groups excluding carboxylic acids is 1. The van der Waals surface area contributed by atoms with Gasteiger partial charge in [0, 0.05) is 16.3 Å². The number of amides is 1. The quantitative estimate of drug-likeness (QED) is 0.926. The van der Waals surface area contributed by atoms with Crippen LogP contribution in [0, 0.1) is 0 Å². The number of ether oxygens (including phenoxy) is 1. The number of benzene rings is 1. The van der Waals surface area contributed by atoms with Crippen molar-refractivity contribution in [3.8, 4) is 5.75 Å². The van der Waals surface area contributed by atoms with E-state index in [0.717, 1.165) is 6.42 Å². The molecule has 0 unspecified atom stereocenters. The summed E-state index contributed by atoms with van der Waals surface area (Å²) < 4.78 is 5.36. The summed E-state index contributed by atoms with van der Waals surface area (Å²) in [6.07, 6.45) is 2.37. The molecule has 1 heterocycles. The van der Waals surface area contributed by atoms with Gasteiger partial charge in [-0.3, -0.25) is 4.79 Å². The normalized spacial score (nSPS) is 22.3. The van der Waals surface area contributed by atoms with Gasteiger partial charge in [-0.2, -0.15) is 11.8 Å². The number of hydrogen-bond acceptors (Lipinski definition) is 3. The van der Waals surface area contributed by atoms with Gasteiger partial charge in [0.2, 0.25) is 0 Å². The number of carbonyl (C=O) groups is 1. The predicted octanol–water partition coefficient (Wildman–Crippen LogP) is 3.36. The Labute approximate surface area is 123 Å². The van der Waals surface area contributed by atoms with E-state index in [0.29, 0.717) is 22.9 Å². The largest absolute Gasteiger partial charge is 0.496 e. The highest BCUT2D eigenvalue weighted by atomic mass is 35.5. The molecular weight excluding hydrogens is 282 g/mol. The van der Waals surface area contributed by atoms with Gasteiger partial charge in [-0.1, -0.05) is 11.6 Å². The van der Waals surface area contributed by atoms with E-state index in [-0.39, 0.29) is 10.7 Å². The van der Waals surface area contributed by atoms with Gasteiger partial charge in [-0.25, -0.2) is 0 Å². The van der Waals surface area contributed by atoms with Crippen molar-refractivity contribution in [1.82, 2.24) is 5.32 Å². The Balaban J connectivity index is 2.03. The molecule has 1 fully saturated rings. The van der Waals surface area contributed by atoms with Crippen molar-refractivity contribution >= 4 is 29.3 Å². The van der Waals surface area contributed by atoms with Crippen LogP contribution in [0.15, 0.2) is 18.2 Å². The molecule has 0 radical (unpaired) electrons. The van der Waals surface area contributed by atoms with Crippen LogP contribution in [-0.2, 0) is 0 Å². The molecule has 104 valence electrons. The molecule has 0 aromatic heterocycles. The molecule has 1 atom stereocenters. The van der Waals surface area contributed by atoms with Gasteiger partial charge >= 0.3 is 0 Å². The standard InChI is InChI=1S/C14H18ClNO2S/c1-14(6-3-7-19-14)9-16-13(17)11-5-4-10(15)8-12(11)18-2/h4-5,8H,3,6-7,9H2,1-2H3,(H,16,17)/t14-/m0/s1. The Kier molecular flexibility index (Phi) is 4.63. The first-order valence-corrected chi connectivity index (χ1v) is 7.66. The van der Waals surface area contributed by atoms with E-state index in [4.69, 9.17) is 16.3 Å². The molecule has 2 rings (SSSR count). The Hall–Kier alpha value is -0.870. The van der Waals surface area contributed by atoms with Crippen molar-refractivity contribution in [3.05, 3.63) is 28.8 Å². The van der Waals surface area contributed by atoms with E-state index in [1.807, 2.05) is 11.8 Å². The highest BCUT2D eigenvalue weighted by Gasteiger charge is 2.30. The minimum atomic E-state index is -0.109. The fourth-order valence-electron chi connectivity index (χ4n) is 2.19. The van der Waals surface area contributed by atoms with Gasteiger partial charge in [0.05, 0.1) is 12.7 Å². The van der Waals surface area contributed by atoms with Crippen molar-refractivity contribution in [2.45, 2.75) is 24.5 Å². The fourth-order valence-corrected chi connectivity index (χ4v) is 3.60. The van der Waals surface area contributed by atoms with Crippen LogP contribution in [0.5, 0.6) is 5.75 Å². The number of hydrogen-bond donors (Lipinski definition) is 1. The molecule has 1 amide bonds. The van der Waals surface area contributed by atoms with Crippen LogP contribution in [-0.4, -0.2) is 30.1 Å². The lowest BCUT2D eigenvalue weighted by Crippen LogP contribution is -2.36. The molecule has 0 bridgehead atoms. The number of halogens is 1. The third kappa shape index (κ3) is 3.57. The summed E-state index contributed by atoms with van der Waals surface area (Å²) in [5, 5.41) is 3.55. The molecule has 0 saturated carbocycles. The van der Waals surface area contributed by atoms with Crippen molar-refractivity contribution in [3.63, 3.8) is 0 Å². The lowest BCUT2D eigenvalue weighted by Gasteiger charge is -2.23. The number of rotatable bonds is 4. The van der Waals surface area contributed by atoms with Crippen molar-refractivity contribution < 1.29 is 9.53 Å². The van der Waals surface area contributed by atoms with Crippen LogP contribution in [0.4, 0.5) is 0 Å². The van der Waals surface area contributed by atoms with E-state index >= 15 is 0 Å². The van der Waals surface area contributed by atoms with Gasteiger partial charge < -0.3 is 10.1 Å². The summed E-state index contributed by atoms with van der Waals surface area (Å²) in [5.74, 6) is 1.58. The average Bonchev–Trinajstić information content (AvgIpc) is 2.83. The summed E-state index contributed by atoms with van der Waals surface area (Å²) in [7, 11) is 1.54. The van der Waals surface area contributed by atoms with Crippen molar-refractivity contribution in [2.75, 3.05) is 19.4 Å². The molecule has 1 aliphatic heterocycles. The zero-order chi connectivity index (χ0) is 13.9. The molecule has 3 nitrogen and oxygen atoms in total. The summed E-state index contributed by atoms with van der Waals surface area (Å²) in [6.45, 7) is 2.88. The number of methoxy groups -OCH3 is 1. The molecule has 1 aromatic rings. The van der Waals surface area contributed by atoms with E-state index in [1.165, 1.54) is 19.3 Å². The molecule has 1 saturated heterocycles. The topological polar surface area (TPSA) is 38.3 Å². The second-order valence-corrected chi connectivity index (χ2v) is 7.05. The lowest BCUT2D eigenvalue weighted by molar-refractivity contribution is 0.0947. The first kappa shape index (κ1) is 14.5. The lowest BCUT2D eigenvalue weighted by atomic mass is 10.1. The Morgan fingerprint density at radius 3 is 3.00 bits per heavy atom. The first-order valence-electron chi connectivity index (χ1n) is 6.30. The fraction of sp³-hybridized carbons (Fsp3) is 0.500. The van der Waals surface area contributed by atoms with Gasteiger partial charge in [0.15, 0.2) is 0 Å². The van der Waals surface area contributed by atoms with Crippen LogP contribution in [0.3, 0.4) is 0 Å². The molecule has 1 aliphatic rings. The minimum Gasteiger partial charge on any atom is -0.496 e. The maximum Gasteiger partial charge on any atom is 0.255 e. The van der Waals surface area contributed by atoms with E-state index in [2.05, 4.69) is 12.2 Å². The maximum atomic E-state index is 12.2. The highest BCUT2D eigenvalue weighted by molar-refractivity contribution is 8.00. The van der Waals surface area contributed by atoms with Crippen LogP contribution in [0.25, 0.3) is 0 Å². The molecule has 1 aromatic carbocycles. The zero-order valence-corrected chi connectivity index (χ0v) is 12.7. The summed E-state index contributed by atoms with van der Waals surface area (Å²) in [5.41, 5.74) is 0.526. The van der Waals surface area contributed by atoms with E-state index < -0.39 is 0 Å². The Bertz CT molecular complexity index is 473. The predicted molar refractivity (Wildman–Crippen MR) is 80.4 cm³/mol. The van der Waals surface area contributed by atoms with E-state index in [1.54, 1.807) is 18.2 Å². The average molecular weight is 300 g/mol. The van der Waals surface area contributed by atoms with Gasteiger partial charge in [-0.05, 0) is 43.7 Å². The smallest absolute Gasteiger partial charge is 0.255 e. The maximum absolute atomic E-state index is 12.2. The Morgan fingerprint density at radius 1 is 1.58 bits per heavy atom. The van der Waals surface area contributed by atoms with Crippen LogP contribution in [0.2, 0.25) is 5.02 Å². The third-order valence-corrected chi connectivity index (χ3v) is 5.10. The van der Waals surface area contributed by atoms with Gasteiger partial charge in [-0.15, -0.1) is 0 Å². The molecule has 0 spiro atoms. The van der Waals surface area contributed by atoms with Crippen molar-refractivity contribution in [2.24, 2.45) is 0 Å². The van der Waals surface area contributed by atoms with Crippen LogP contribution in [0.1, 0.15) is 30.1 Å².